The van der Waals surface area contributed by atoms with Gasteiger partial charge in [-0.2, -0.15) is 0 Å². The molecule has 3 nitrogen and oxygen atoms in total. The van der Waals surface area contributed by atoms with E-state index < -0.39 is 0 Å². The van der Waals surface area contributed by atoms with Crippen LogP contribution in [-0.2, 0) is 0 Å². The summed E-state index contributed by atoms with van der Waals surface area (Å²) in [5.41, 5.74) is 0.859. The van der Waals surface area contributed by atoms with Gasteiger partial charge in [-0.15, -0.1) is 10.2 Å². The van der Waals surface area contributed by atoms with Crippen LogP contribution in [0.2, 0.25) is 0 Å². The molecular weight excluding hydrogens is 380 g/mol. The van der Waals surface area contributed by atoms with Crippen molar-refractivity contribution in [1.82, 2.24) is 10.2 Å². The van der Waals surface area contributed by atoms with Crippen molar-refractivity contribution in [3.05, 3.63) is 31.9 Å². The fourth-order valence-corrected chi connectivity index (χ4v) is 1.99. The van der Waals surface area contributed by atoms with Gasteiger partial charge in [0.25, 0.3) is 4.80 Å². The first-order valence-electron chi connectivity index (χ1n) is 3.61. The second-order valence-electron chi connectivity index (χ2n) is 2.48. The summed E-state index contributed by atoms with van der Waals surface area (Å²) in [5.74, 6) is 0.477. The van der Waals surface area contributed by atoms with Crippen LogP contribution < -0.4 is 0 Å². The lowest BCUT2D eigenvalue weighted by atomic mass is 10.2. The summed E-state index contributed by atoms with van der Waals surface area (Å²) in [6.07, 6.45) is 0. The molecule has 0 saturated carbocycles. The van der Waals surface area contributed by atoms with Crippen LogP contribution in [-0.4, -0.2) is 10.2 Å². The molecule has 0 bridgehead atoms. The molecule has 72 valence electrons. The van der Waals surface area contributed by atoms with Crippen molar-refractivity contribution >= 4 is 47.8 Å². The van der Waals surface area contributed by atoms with Crippen LogP contribution in [0.15, 0.2) is 36.4 Å². The van der Waals surface area contributed by atoms with Crippen molar-refractivity contribution in [2.75, 3.05) is 0 Å². The number of nitrogens with zero attached hydrogens (tertiary/aromatic N) is 2. The molecule has 14 heavy (non-hydrogen) atoms. The number of aromatic nitrogens is 2. The second kappa shape index (κ2) is 4.12. The molecule has 0 aliphatic heterocycles. The van der Waals surface area contributed by atoms with Gasteiger partial charge in [0.05, 0.1) is 5.56 Å². The third kappa shape index (κ3) is 2.07. The summed E-state index contributed by atoms with van der Waals surface area (Å²) >= 11 is 9.90. The van der Waals surface area contributed by atoms with Crippen molar-refractivity contribution in [1.29, 1.82) is 0 Å². The monoisotopic (exact) mass is 380 g/mol. The van der Waals surface area contributed by atoms with E-state index in [2.05, 4.69) is 58.0 Å². The van der Waals surface area contributed by atoms with Crippen molar-refractivity contribution in [3.63, 3.8) is 0 Å². The molecule has 2 rings (SSSR count). The molecule has 0 aliphatic rings. The Hall–Kier alpha value is -0.200. The number of hydrogen-bond acceptors (Lipinski definition) is 3. The standard InChI is InChI=1S/C8H3Br3N2O/c9-4-1-2-6(10)5(3-4)7-12-13-8(11)14-7/h1-3H. The average molecular weight is 383 g/mol. The quantitative estimate of drug-likeness (QED) is 0.747. The largest absolute Gasteiger partial charge is 0.411 e. The molecule has 0 N–H and O–H groups in total. The Morgan fingerprint density at radius 3 is 2.50 bits per heavy atom. The van der Waals surface area contributed by atoms with Crippen molar-refractivity contribution in [2.24, 2.45) is 0 Å². The van der Waals surface area contributed by atoms with Crippen LogP contribution in [0.1, 0.15) is 0 Å². The van der Waals surface area contributed by atoms with E-state index in [0.29, 0.717) is 10.7 Å². The smallest absolute Gasteiger partial charge is 0.285 e. The van der Waals surface area contributed by atoms with Crippen LogP contribution in [0.25, 0.3) is 11.5 Å². The first-order chi connectivity index (χ1) is 6.66. The van der Waals surface area contributed by atoms with Crippen LogP contribution in [0.5, 0.6) is 0 Å². The zero-order valence-electron chi connectivity index (χ0n) is 6.67. The lowest BCUT2D eigenvalue weighted by Gasteiger charge is -1.98. The molecule has 0 amide bonds. The van der Waals surface area contributed by atoms with Crippen LogP contribution in [0.4, 0.5) is 0 Å². The minimum absolute atomic E-state index is 0.374. The van der Waals surface area contributed by atoms with E-state index in [1.807, 2.05) is 18.2 Å². The highest BCUT2D eigenvalue weighted by Gasteiger charge is 2.10. The van der Waals surface area contributed by atoms with Gasteiger partial charge < -0.3 is 4.42 Å². The maximum atomic E-state index is 5.25. The maximum absolute atomic E-state index is 5.25. The Balaban J connectivity index is 2.55. The third-order valence-corrected chi connectivity index (χ3v) is 3.06. The van der Waals surface area contributed by atoms with Gasteiger partial charge in [-0.3, -0.25) is 0 Å². The minimum Gasteiger partial charge on any atom is -0.411 e. The van der Waals surface area contributed by atoms with Gasteiger partial charge in [0.2, 0.25) is 5.89 Å². The molecule has 0 spiro atoms. The Kier molecular flexibility index (Phi) is 3.04. The number of halogens is 3. The second-order valence-corrected chi connectivity index (χ2v) is 4.93. The maximum Gasteiger partial charge on any atom is 0.285 e. The highest BCUT2D eigenvalue weighted by molar-refractivity contribution is 9.11. The number of hydrogen-bond donors (Lipinski definition) is 0. The molecule has 0 atom stereocenters. The molecule has 1 heterocycles. The predicted octanol–water partition coefficient (Wildman–Crippen LogP) is 4.02. The van der Waals surface area contributed by atoms with Gasteiger partial charge in [-0.25, -0.2) is 0 Å². The molecule has 0 aliphatic carbocycles. The Labute approximate surface area is 105 Å². The van der Waals surface area contributed by atoms with Gasteiger partial charge in [0.1, 0.15) is 0 Å². The van der Waals surface area contributed by atoms with E-state index in [1.165, 1.54) is 0 Å². The van der Waals surface area contributed by atoms with Gasteiger partial charge in [-0.1, -0.05) is 15.9 Å². The van der Waals surface area contributed by atoms with E-state index in [4.69, 9.17) is 4.42 Å². The summed E-state index contributed by atoms with van der Waals surface area (Å²) in [7, 11) is 0. The highest BCUT2D eigenvalue weighted by Crippen LogP contribution is 2.30. The van der Waals surface area contributed by atoms with E-state index in [-0.39, 0.29) is 0 Å². The van der Waals surface area contributed by atoms with Crippen molar-refractivity contribution in [3.8, 4) is 11.5 Å². The molecule has 0 radical (unpaired) electrons. The number of rotatable bonds is 1. The van der Waals surface area contributed by atoms with Crippen LogP contribution in [0.3, 0.4) is 0 Å². The molecule has 6 heteroatoms. The molecule has 0 fully saturated rings. The zero-order valence-corrected chi connectivity index (χ0v) is 11.4. The van der Waals surface area contributed by atoms with E-state index in [0.717, 1.165) is 14.5 Å². The Bertz CT molecular complexity index is 469. The third-order valence-electron chi connectivity index (χ3n) is 1.56. The molecule has 1 aromatic carbocycles. The summed E-state index contributed by atoms with van der Waals surface area (Å²) < 4.78 is 7.13. The minimum atomic E-state index is 0.374. The first-order valence-corrected chi connectivity index (χ1v) is 5.99. The zero-order chi connectivity index (χ0) is 10.1. The lowest BCUT2D eigenvalue weighted by molar-refractivity contribution is 0.540. The Morgan fingerprint density at radius 1 is 1.07 bits per heavy atom. The van der Waals surface area contributed by atoms with E-state index >= 15 is 0 Å². The summed E-state index contributed by atoms with van der Waals surface area (Å²) in [5, 5.41) is 7.60. The molecule has 0 unspecified atom stereocenters. The number of benzene rings is 1. The highest BCUT2D eigenvalue weighted by atomic mass is 79.9. The average Bonchev–Trinajstić information content (AvgIpc) is 2.56. The SMILES string of the molecule is Brc1ccc(Br)c(-c2nnc(Br)o2)c1. The van der Waals surface area contributed by atoms with E-state index in [9.17, 15) is 0 Å². The molecule has 1 aromatic heterocycles. The van der Waals surface area contributed by atoms with Gasteiger partial charge in [-0.05, 0) is 34.1 Å². The predicted molar refractivity (Wildman–Crippen MR) is 62.8 cm³/mol. The topological polar surface area (TPSA) is 38.9 Å². The fraction of sp³-hybridized carbons (Fsp3) is 0. The molecule has 0 saturated heterocycles. The molecule has 2 aromatic rings. The summed E-state index contributed by atoms with van der Waals surface area (Å²) in [4.78, 5) is 0.374. The first kappa shape index (κ1) is 10.3. The van der Waals surface area contributed by atoms with Gasteiger partial charge in [0.15, 0.2) is 0 Å². The van der Waals surface area contributed by atoms with Gasteiger partial charge in [0, 0.05) is 24.9 Å². The summed E-state index contributed by atoms with van der Waals surface area (Å²) in [6, 6.07) is 5.75. The summed E-state index contributed by atoms with van der Waals surface area (Å²) in [6.45, 7) is 0. The van der Waals surface area contributed by atoms with E-state index in [1.54, 1.807) is 0 Å². The van der Waals surface area contributed by atoms with Crippen LogP contribution >= 0.6 is 47.8 Å². The lowest BCUT2D eigenvalue weighted by Crippen LogP contribution is -1.80. The Morgan fingerprint density at radius 2 is 1.86 bits per heavy atom. The normalized spacial score (nSPS) is 10.5. The van der Waals surface area contributed by atoms with Crippen molar-refractivity contribution in [2.45, 2.75) is 0 Å². The van der Waals surface area contributed by atoms with Crippen molar-refractivity contribution < 1.29 is 4.42 Å². The van der Waals surface area contributed by atoms with Crippen LogP contribution in [0, 0.1) is 0 Å². The van der Waals surface area contributed by atoms with Gasteiger partial charge >= 0.3 is 0 Å². The molecular formula is C8H3Br3N2O. The fourth-order valence-electron chi connectivity index (χ4n) is 0.976.